The SMILES string of the molecule is COCCNCCNC(=O)c1cc(C)cc([N+](=O)[O-])c1N. The summed E-state index contributed by atoms with van der Waals surface area (Å²) in [5, 5.41) is 16.6. The van der Waals surface area contributed by atoms with Crippen LogP contribution in [0, 0.1) is 17.0 Å². The molecule has 0 aliphatic heterocycles. The van der Waals surface area contributed by atoms with Crippen LogP contribution in [0.5, 0.6) is 0 Å². The summed E-state index contributed by atoms with van der Waals surface area (Å²) < 4.78 is 4.87. The topological polar surface area (TPSA) is 120 Å². The van der Waals surface area contributed by atoms with Crippen LogP contribution in [-0.4, -0.2) is 44.2 Å². The molecule has 0 bridgehead atoms. The lowest BCUT2D eigenvalue weighted by atomic mass is 10.1. The Labute approximate surface area is 122 Å². The number of nitro benzene ring substituents is 1. The third kappa shape index (κ3) is 5.01. The van der Waals surface area contributed by atoms with Gasteiger partial charge in [-0.2, -0.15) is 0 Å². The zero-order valence-electron chi connectivity index (χ0n) is 12.1. The largest absolute Gasteiger partial charge is 0.393 e. The highest BCUT2D eigenvalue weighted by molar-refractivity contribution is 6.01. The summed E-state index contributed by atoms with van der Waals surface area (Å²) in [7, 11) is 1.61. The number of rotatable bonds is 8. The number of benzene rings is 1. The van der Waals surface area contributed by atoms with Crippen molar-refractivity contribution in [3.05, 3.63) is 33.4 Å². The minimum atomic E-state index is -0.592. The molecule has 8 heteroatoms. The Bertz CT molecular complexity index is 519. The van der Waals surface area contributed by atoms with E-state index in [1.807, 2.05) is 0 Å². The Kier molecular flexibility index (Phi) is 6.57. The third-order valence-electron chi connectivity index (χ3n) is 2.81. The van der Waals surface area contributed by atoms with Gasteiger partial charge in [0.1, 0.15) is 5.69 Å². The number of nitrogens with one attached hydrogen (secondary N) is 2. The Hall–Kier alpha value is -2.19. The zero-order valence-corrected chi connectivity index (χ0v) is 12.1. The number of carbonyl (C=O) groups is 1. The molecule has 0 heterocycles. The van der Waals surface area contributed by atoms with Gasteiger partial charge in [0.2, 0.25) is 0 Å². The standard InChI is InChI=1S/C13H20N4O4/c1-9-7-10(12(14)11(8-9)17(19)20)13(18)16-4-3-15-5-6-21-2/h7-8,15H,3-6,14H2,1-2H3,(H,16,18). The van der Waals surface area contributed by atoms with Gasteiger partial charge in [-0.25, -0.2) is 0 Å². The summed E-state index contributed by atoms with van der Waals surface area (Å²) in [5.74, 6) is -0.423. The van der Waals surface area contributed by atoms with Crippen molar-refractivity contribution in [3.8, 4) is 0 Å². The van der Waals surface area contributed by atoms with Crippen molar-refractivity contribution in [1.82, 2.24) is 10.6 Å². The fourth-order valence-corrected chi connectivity index (χ4v) is 1.78. The number of anilines is 1. The van der Waals surface area contributed by atoms with Crippen LogP contribution < -0.4 is 16.4 Å². The molecule has 116 valence electrons. The van der Waals surface area contributed by atoms with Gasteiger partial charge in [0, 0.05) is 32.8 Å². The predicted octanol–water partition coefficient (Wildman–Crippen LogP) is 0.451. The first-order valence-electron chi connectivity index (χ1n) is 6.49. The highest BCUT2D eigenvalue weighted by Crippen LogP contribution is 2.26. The van der Waals surface area contributed by atoms with Gasteiger partial charge in [0.25, 0.3) is 11.6 Å². The second kappa shape index (κ2) is 8.18. The molecule has 0 radical (unpaired) electrons. The number of nitrogens with zero attached hydrogens (tertiary/aromatic N) is 1. The maximum atomic E-state index is 12.0. The van der Waals surface area contributed by atoms with Crippen LogP contribution in [0.3, 0.4) is 0 Å². The molecule has 21 heavy (non-hydrogen) atoms. The summed E-state index contributed by atoms with van der Waals surface area (Å²) in [5.41, 5.74) is 6.06. The lowest BCUT2D eigenvalue weighted by Crippen LogP contribution is -2.33. The average molecular weight is 296 g/mol. The van der Waals surface area contributed by atoms with E-state index in [4.69, 9.17) is 10.5 Å². The van der Waals surface area contributed by atoms with E-state index < -0.39 is 10.8 Å². The van der Waals surface area contributed by atoms with E-state index in [1.54, 1.807) is 14.0 Å². The van der Waals surface area contributed by atoms with Crippen molar-refractivity contribution in [2.75, 3.05) is 39.1 Å². The number of amides is 1. The number of ether oxygens (including phenoxy) is 1. The van der Waals surface area contributed by atoms with Gasteiger partial charge in [0.05, 0.1) is 17.1 Å². The monoisotopic (exact) mass is 296 g/mol. The Morgan fingerprint density at radius 3 is 2.71 bits per heavy atom. The van der Waals surface area contributed by atoms with Crippen LogP contribution in [0.2, 0.25) is 0 Å². The molecule has 1 rings (SSSR count). The molecule has 0 saturated carbocycles. The molecular formula is C13H20N4O4. The molecular weight excluding hydrogens is 276 g/mol. The molecule has 0 aromatic heterocycles. The van der Waals surface area contributed by atoms with Gasteiger partial charge in [-0.3, -0.25) is 14.9 Å². The van der Waals surface area contributed by atoms with E-state index in [2.05, 4.69) is 10.6 Å². The van der Waals surface area contributed by atoms with Crippen molar-refractivity contribution in [3.63, 3.8) is 0 Å². The summed E-state index contributed by atoms with van der Waals surface area (Å²) in [6, 6.07) is 2.88. The molecule has 0 aliphatic rings. The molecule has 0 saturated heterocycles. The molecule has 1 aromatic carbocycles. The minimum absolute atomic E-state index is 0.115. The maximum Gasteiger partial charge on any atom is 0.293 e. The molecule has 4 N–H and O–H groups in total. The predicted molar refractivity (Wildman–Crippen MR) is 79.3 cm³/mol. The van der Waals surface area contributed by atoms with Gasteiger partial charge >= 0.3 is 0 Å². The van der Waals surface area contributed by atoms with E-state index in [0.29, 0.717) is 31.8 Å². The second-order valence-electron chi connectivity index (χ2n) is 4.50. The first kappa shape index (κ1) is 16.9. The third-order valence-corrected chi connectivity index (χ3v) is 2.81. The van der Waals surface area contributed by atoms with Crippen molar-refractivity contribution in [1.29, 1.82) is 0 Å². The van der Waals surface area contributed by atoms with Crippen LogP contribution in [0.15, 0.2) is 12.1 Å². The van der Waals surface area contributed by atoms with E-state index in [1.165, 1.54) is 12.1 Å². The maximum absolute atomic E-state index is 12.0. The van der Waals surface area contributed by atoms with Crippen molar-refractivity contribution in [2.24, 2.45) is 0 Å². The molecule has 0 aliphatic carbocycles. The first-order chi connectivity index (χ1) is 9.97. The quantitative estimate of drug-likeness (QED) is 0.277. The van der Waals surface area contributed by atoms with Gasteiger partial charge in [-0.05, 0) is 18.6 Å². The van der Waals surface area contributed by atoms with Gasteiger partial charge in [0.15, 0.2) is 0 Å². The fourth-order valence-electron chi connectivity index (χ4n) is 1.78. The van der Waals surface area contributed by atoms with Crippen LogP contribution >= 0.6 is 0 Å². The highest BCUT2D eigenvalue weighted by atomic mass is 16.6. The Balaban J connectivity index is 2.64. The summed E-state index contributed by atoms with van der Waals surface area (Å²) >= 11 is 0. The zero-order chi connectivity index (χ0) is 15.8. The highest BCUT2D eigenvalue weighted by Gasteiger charge is 2.20. The van der Waals surface area contributed by atoms with E-state index in [-0.39, 0.29) is 16.9 Å². The molecule has 0 atom stereocenters. The van der Waals surface area contributed by atoms with Crippen LogP contribution in [-0.2, 0) is 4.74 Å². The molecule has 0 fully saturated rings. The van der Waals surface area contributed by atoms with Gasteiger partial charge in [-0.15, -0.1) is 0 Å². The van der Waals surface area contributed by atoms with Gasteiger partial charge < -0.3 is 21.1 Å². The minimum Gasteiger partial charge on any atom is -0.393 e. The van der Waals surface area contributed by atoms with Crippen molar-refractivity contribution < 1.29 is 14.5 Å². The molecule has 0 unspecified atom stereocenters. The number of nitrogens with two attached hydrogens (primary N) is 1. The van der Waals surface area contributed by atoms with Crippen LogP contribution in [0.1, 0.15) is 15.9 Å². The number of hydrogen-bond acceptors (Lipinski definition) is 6. The fraction of sp³-hybridized carbons (Fsp3) is 0.462. The Morgan fingerprint density at radius 1 is 1.38 bits per heavy atom. The summed E-state index contributed by atoms with van der Waals surface area (Å²) in [4.78, 5) is 22.3. The van der Waals surface area contributed by atoms with Crippen LogP contribution in [0.25, 0.3) is 0 Å². The first-order valence-corrected chi connectivity index (χ1v) is 6.49. The number of aryl methyl sites for hydroxylation is 1. The van der Waals surface area contributed by atoms with E-state index >= 15 is 0 Å². The Morgan fingerprint density at radius 2 is 2.10 bits per heavy atom. The van der Waals surface area contributed by atoms with Crippen molar-refractivity contribution >= 4 is 17.3 Å². The number of nitrogen functional groups attached to an aromatic ring is 1. The van der Waals surface area contributed by atoms with E-state index in [9.17, 15) is 14.9 Å². The summed E-state index contributed by atoms with van der Waals surface area (Å²) in [6.45, 7) is 3.91. The number of carbonyl (C=O) groups excluding carboxylic acids is 1. The van der Waals surface area contributed by atoms with Crippen LogP contribution in [0.4, 0.5) is 11.4 Å². The molecule has 1 amide bonds. The normalized spacial score (nSPS) is 10.4. The average Bonchev–Trinajstić information content (AvgIpc) is 2.44. The molecule has 1 aromatic rings. The number of nitro groups is 1. The number of methoxy groups -OCH3 is 1. The lowest BCUT2D eigenvalue weighted by molar-refractivity contribution is -0.384. The van der Waals surface area contributed by atoms with E-state index in [0.717, 1.165) is 0 Å². The smallest absolute Gasteiger partial charge is 0.293 e. The molecule has 8 nitrogen and oxygen atoms in total. The second-order valence-corrected chi connectivity index (χ2v) is 4.50. The van der Waals surface area contributed by atoms with Crippen molar-refractivity contribution in [2.45, 2.75) is 6.92 Å². The lowest BCUT2D eigenvalue weighted by Gasteiger charge is -2.09. The molecule has 0 spiro atoms. The number of hydrogen-bond donors (Lipinski definition) is 3. The summed E-state index contributed by atoms with van der Waals surface area (Å²) in [6.07, 6.45) is 0. The van der Waals surface area contributed by atoms with Gasteiger partial charge in [-0.1, -0.05) is 0 Å².